The highest BCUT2D eigenvalue weighted by atomic mass is 19.4. The quantitative estimate of drug-likeness (QED) is 0.813. The maximum Gasteiger partial charge on any atom is 0.437 e. The molecule has 19 heavy (non-hydrogen) atoms. The van der Waals surface area contributed by atoms with E-state index in [1.54, 1.807) is 5.21 Å². The maximum atomic E-state index is 12.6. The smallest absolute Gasteiger partial charge is 0.197 e. The number of aromatic nitrogens is 3. The highest BCUT2D eigenvalue weighted by Crippen LogP contribution is 2.36. The molecule has 0 aliphatic carbocycles. The second-order valence-corrected chi connectivity index (χ2v) is 3.60. The molecule has 0 aliphatic heterocycles. The lowest BCUT2D eigenvalue weighted by Gasteiger charge is -2.09. The van der Waals surface area contributed by atoms with E-state index in [1.165, 1.54) is 0 Å². The van der Waals surface area contributed by atoms with Crippen LogP contribution < -0.4 is 0 Å². The Labute approximate surface area is 102 Å². The summed E-state index contributed by atoms with van der Waals surface area (Å²) in [5.74, 6) is 0. The predicted octanol–water partition coefficient (Wildman–Crippen LogP) is 3.51. The molecule has 1 aromatic carbocycles. The number of benzene rings is 1. The zero-order valence-electron chi connectivity index (χ0n) is 8.97. The summed E-state index contributed by atoms with van der Waals surface area (Å²) in [5.41, 5.74) is -3.39. The van der Waals surface area contributed by atoms with E-state index in [4.69, 9.17) is 0 Å². The average molecular weight is 281 g/mol. The summed E-state index contributed by atoms with van der Waals surface area (Å²) in [7, 11) is 0. The predicted molar refractivity (Wildman–Crippen MR) is 51.8 cm³/mol. The van der Waals surface area contributed by atoms with Gasteiger partial charge in [0.05, 0.1) is 5.56 Å². The van der Waals surface area contributed by atoms with Crippen LogP contribution in [-0.4, -0.2) is 15.4 Å². The van der Waals surface area contributed by atoms with Gasteiger partial charge in [-0.3, -0.25) is 0 Å². The van der Waals surface area contributed by atoms with E-state index >= 15 is 0 Å². The third-order valence-electron chi connectivity index (χ3n) is 2.28. The first-order chi connectivity index (χ1) is 8.69. The number of nitrogens with zero attached hydrogens (tertiary/aromatic N) is 2. The van der Waals surface area contributed by atoms with Crippen LogP contribution >= 0.6 is 0 Å². The van der Waals surface area contributed by atoms with Gasteiger partial charge in [0, 0.05) is 5.56 Å². The van der Waals surface area contributed by atoms with E-state index in [0.717, 1.165) is 18.2 Å². The largest absolute Gasteiger partial charge is 0.437 e. The summed E-state index contributed by atoms with van der Waals surface area (Å²) in [5, 5.41) is 7.93. The van der Waals surface area contributed by atoms with E-state index in [1.807, 2.05) is 0 Å². The number of halogens is 6. The molecule has 1 heterocycles. The number of H-pyrrole nitrogens is 1. The van der Waals surface area contributed by atoms with Gasteiger partial charge in [0.2, 0.25) is 0 Å². The van der Waals surface area contributed by atoms with Crippen molar-refractivity contribution in [2.45, 2.75) is 12.4 Å². The molecule has 0 fully saturated rings. The zero-order chi connectivity index (χ0) is 14.3. The Bertz CT molecular complexity index is 583. The Morgan fingerprint density at radius 1 is 0.895 bits per heavy atom. The molecule has 0 atom stereocenters. The molecule has 0 saturated carbocycles. The van der Waals surface area contributed by atoms with Gasteiger partial charge in [0.15, 0.2) is 5.69 Å². The maximum absolute atomic E-state index is 12.6. The van der Waals surface area contributed by atoms with Crippen LogP contribution in [0.2, 0.25) is 0 Å². The number of rotatable bonds is 1. The Morgan fingerprint density at radius 3 is 2.16 bits per heavy atom. The van der Waals surface area contributed by atoms with E-state index in [9.17, 15) is 26.3 Å². The Balaban J connectivity index is 2.52. The zero-order valence-corrected chi connectivity index (χ0v) is 8.97. The van der Waals surface area contributed by atoms with Crippen molar-refractivity contribution in [3.63, 3.8) is 0 Å². The lowest BCUT2D eigenvalue weighted by Crippen LogP contribution is -2.08. The second kappa shape index (κ2) is 4.25. The fourth-order valence-electron chi connectivity index (χ4n) is 1.47. The van der Waals surface area contributed by atoms with Crippen molar-refractivity contribution in [1.82, 2.24) is 15.4 Å². The summed E-state index contributed by atoms with van der Waals surface area (Å²) >= 11 is 0. The molecule has 1 N–H and O–H groups in total. The summed E-state index contributed by atoms with van der Waals surface area (Å²) < 4.78 is 75.1. The minimum Gasteiger partial charge on any atom is -0.197 e. The molecule has 0 amide bonds. The molecule has 2 aromatic rings. The fraction of sp³-hybridized carbons (Fsp3) is 0.200. The third kappa shape index (κ3) is 2.69. The van der Waals surface area contributed by atoms with Crippen molar-refractivity contribution in [2.75, 3.05) is 0 Å². The molecule has 0 bridgehead atoms. The van der Waals surface area contributed by atoms with Gasteiger partial charge in [0.25, 0.3) is 0 Å². The van der Waals surface area contributed by atoms with Gasteiger partial charge < -0.3 is 0 Å². The van der Waals surface area contributed by atoms with Crippen LogP contribution in [0.15, 0.2) is 24.3 Å². The van der Waals surface area contributed by atoms with E-state index in [2.05, 4.69) is 10.2 Å². The Morgan fingerprint density at radius 2 is 1.58 bits per heavy atom. The molecule has 1 aromatic heterocycles. The highest BCUT2D eigenvalue weighted by molar-refractivity contribution is 5.62. The molecule has 3 nitrogen and oxygen atoms in total. The first-order valence-electron chi connectivity index (χ1n) is 4.85. The van der Waals surface area contributed by atoms with Crippen molar-refractivity contribution in [3.05, 3.63) is 35.5 Å². The molecule has 2 rings (SSSR count). The van der Waals surface area contributed by atoms with Crippen molar-refractivity contribution in [2.24, 2.45) is 0 Å². The van der Waals surface area contributed by atoms with Gasteiger partial charge in [-0.25, -0.2) is 0 Å². The summed E-state index contributed by atoms with van der Waals surface area (Å²) in [6, 6.07) is 3.46. The number of hydrogen-bond donors (Lipinski definition) is 1. The molecule has 0 spiro atoms. The molecule has 0 saturated heterocycles. The van der Waals surface area contributed by atoms with Gasteiger partial charge in [-0.2, -0.15) is 41.8 Å². The fourth-order valence-corrected chi connectivity index (χ4v) is 1.47. The summed E-state index contributed by atoms with van der Waals surface area (Å²) in [6.07, 6.45) is -9.44. The number of aromatic amines is 1. The van der Waals surface area contributed by atoms with Crippen LogP contribution in [0.4, 0.5) is 26.3 Å². The van der Waals surface area contributed by atoms with Crippen LogP contribution in [-0.2, 0) is 12.4 Å². The van der Waals surface area contributed by atoms with Crippen molar-refractivity contribution in [3.8, 4) is 11.3 Å². The van der Waals surface area contributed by atoms with E-state index in [0.29, 0.717) is 6.07 Å². The van der Waals surface area contributed by atoms with Crippen LogP contribution in [0.3, 0.4) is 0 Å². The second-order valence-electron chi connectivity index (χ2n) is 3.60. The van der Waals surface area contributed by atoms with Crippen LogP contribution in [0, 0.1) is 0 Å². The number of hydrogen-bond acceptors (Lipinski definition) is 2. The van der Waals surface area contributed by atoms with Gasteiger partial charge in [0.1, 0.15) is 5.69 Å². The first-order valence-corrected chi connectivity index (χ1v) is 4.85. The minimum absolute atomic E-state index is 0.309. The summed E-state index contributed by atoms with van der Waals surface area (Å²) in [4.78, 5) is 0. The van der Waals surface area contributed by atoms with Gasteiger partial charge >= 0.3 is 12.4 Å². The lowest BCUT2D eigenvalue weighted by molar-refractivity contribution is -0.140. The summed E-state index contributed by atoms with van der Waals surface area (Å²) in [6.45, 7) is 0. The van der Waals surface area contributed by atoms with E-state index in [-0.39, 0.29) is 5.56 Å². The Kier molecular flexibility index (Phi) is 2.99. The first kappa shape index (κ1) is 13.4. The topological polar surface area (TPSA) is 41.6 Å². The molecular weight excluding hydrogens is 276 g/mol. The van der Waals surface area contributed by atoms with Crippen LogP contribution in [0.5, 0.6) is 0 Å². The van der Waals surface area contributed by atoms with Crippen LogP contribution in [0.25, 0.3) is 11.3 Å². The molecule has 0 unspecified atom stereocenters. The minimum atomic E-state index is -4.80. The lowest BCUT2D eigenvalue weighted by atomic mass is 10.1. The van der Waals surface area contributed by atoms with Crippen molar-refractivity contribution >= 4 is 0 Å². The Hall–Kier alpha value is -2.06. The molecule has 0 radical (unpaired) electrons. The molecule has 0 aliphatic rings. The molecule has 102 valence electrons. The van der Waals surface area contributed by atoms with Gasteiger partial charge in [-0.05, 0) is 12.1 Å². The number of alkyl halides is 6. The van der Waals surface area contributed by atoms with Crippen molar-refractivity contribution in [1.29, 1.82) is 0 Å². The number of nitrogens with one attached hydrogen (secondary N) is 1. The SMILES string of the molecule is FC(F)(F)c1cccc(-c2n[nH]nc2C(F)(F)F)c1. The standard InChI is InChI=1S/C10H5F6N3/c11-9(12,13)6-3-1-2-5(4-6)7-8(10(14,15)16)18-19-17-7/h1-4H,(H,17,18,19). The molecule has 9 heteroatoms. The average Bonchev–Trinajstić information content (AvgIpc) is 2.76. The highest BCUT2D eigenvalue weighted by Gasteiger charge is 2.38. The van der Waals surface area contributed by atoms with Crippen molar-refractivity contribution < 1.29 is 26.3 Å². The normalized spacial score (nSPS) is 12.7. The van der Waals surface area contributed by atoms with Crippen LogP contribution in [0.1, 0.15) is 11.3 Å². The van der Waals surface area contributed by atoms with Gasteiger partial charge in [-0.15, -0.1) is 0 Å². The monoisotopic (exact) mass is 281 g/mol. The van der Waals surface area contributed by atoms with Gasteiger partial charge in [-0.1, -0.05) is 12.1 Å². The van der Waals surface area contributed by atoms with E-state index < -0.39 is 29.3 Å². The third-order valence-corrected chi connectivity index (χ3v) is 2.28. The molecular formula is C10H5F6N3.